The third-order valence-electron chi connectivity index (χ3n) is 2.78. The summed E-state index contributed by atoms with van der Waals surface area (Å²) >= 11 is 0. The summed E-state index contributed by atoms with van der Waals surface area (Å²) in [5.41, 5.74) is 0.937. The first-order chi connectivity index (χ1) is 9.40. The number of aliphatic hydroxyl groups excluding tert-OH is 1. The van der Waals surface area contributed by atoms with Gasteiger partial charge in [-0.2, -0.15) is 0 Å². The highest BCUT2D eigenvalue weighted by Crippen LogP contribution is 2.10. The lowest BCUT2D eigenvalue weighted by atomic mass is 10.1. The fourth-order valence-electron chi connectivity index (χ4n) is 1.61. The van der Waals surface area contributed by atoms with E-state index in [9.17, 15) is 9.90 Å². The first-order valence-corrected chi connectivity index (χ1v) is 6.65. The van der Waals surface area contributed by atoms with E-state index in [4.69, 9.17) is 0 Å². The van der Waals surface area contributed by atoms with Crippen molar-refractivity contribution in [2.24, 2.45) is 4.99 Å². The highest BCUT2D eigenvalue weighted by Gasteiger charge is 2.17. The Hall–Kier alpha value is -1.66. The van der Waals surface area contributed by atoms with Gasteiger partial charge in [0.1, 0.15) is 11.5 Å². The molecule has 0 saturated carbocycles. The van der Waals surface area contributed by atoms with E-state index in [0.717, 1.165) is 13.1 Å². The Kier molecular flexibility index (Phi) is 6.41. The van der Waals surface area contributed by atoms with Gasteiger partial charge < -0.3 is 20.2 Å². The summed E-state index contributed by atoms with van der Waals surface area (Å²) in [6.45, 7) is 2.87. The van der Waals surface area contributed by atoms with Crippen molar-refractivity contribution in [3.8, 4) is 0 Å². The van der Waals surface area contributed by atoms with E-state index in [1.54, 1.807) is 6.08 Å². The zero-order valence-corrected chi connectivity index (χ0v) is 12.7. The van der Waals surface area contributed by atoms with Crippen molar-refractivity contribution in [3.05, 3.63) is 23.6 Å². The van der Waals surface area contributed by atoms with Gasteiger partial charge in [-0.15, -0.1) is 0 Å². The fourth-order valence-corrected chi connectivity index (χ4v) is 1.61. The van der Waals surface area contributed by atoms with Crippen LogP contribution in [0, 0.1) is 0 Å². The largest absolute Gasteiger partial charge is 0.506 e. The van der Waals surface area contributed by atoms with Gasteiger partial charge in [0.05, 0.1) is 12.2 Å². The van der Waals surface area contributed by atoms with Gasteiger partial charge in [0.2, 0.25) is 5.78 Å². The smallest absolute Gasteiger partial charge is 0.207 e. The van der Waals surface area contributed by atoms with E-state index in [0.29, 0.717) is 24.5 Å². The second kappa shape index (κ2) is 7.81. The summed E-state index contributed by atoms with van der Waals surface area (Å²) in [6.07, 6.45) is 2.83. The quantitative estimate of drug-likeness (QED) is 0.645. The number of nitrogens with one attached hydrogen (secondary N) is 1. The standard InChI is InChI=1S/C14H24N4O2/c1-17(2)7-5-15-11-9-12(14(20)10-13(11)19)16-6-8-18(3)4/h9-10,15,19H,5-8H2,1-4H3. The molecule has 0 amide bonds. The zero-order valence-electron chi connectivity index (χ0n) is 12.7. The maximum atomic E-state index is 11.7. The Morgan fingerprint density at radius 1 is 1.15 bits per heavy atom. The number of hydrogen-bond acceptors (Lipinski definition) is 6. The SMILES string of the molecule is CN(C)CCN=C1C=C(NCCN(C)C)C(O)=CC1=O. The van der Waals surface area contributed by atoms with Gasteiger partial charge in [-0.3, -0.25) is 9.79 Å². The number of carbonyl (C=O) groups is 1. The molecule has 6 nitrogen and oxygen atoms in total. The molecule has 1 rings (SSSR count). The second-order valence-corrected chi connectivity index (χ2v) is 5.25. The molecule has 0 aromatic rings. The number of allylic oxidation sites excluding steroid dienone is 2. The van der Waals surface area contributed by atoms with E-state index in [-0.39, 0.29) is 11.5 Å². The van der Waals surface area contributed by atoms with Gasteiger partial charge in [-0.1, -0.05) is 0 Å². The number of likely N-dealkylation sites (N-methyl/N-ethyl adjacent to an activating group) is 2. The molecule has 20 heavy (non-hydrogen) atoms. The van der Waals surface area contributed by atoms with Crippen LogP contribution in [0.3, 0.4) is 0 Å². The van der Waals surface area contributed by atoms with E-state index in [1.807, 2.05) is 38.0 Å². The van der Waals surface area contributed by atoms with Gasteiger partial charge in [-0.05, 0) is 34.3 Å². The molecule has 1 aliphatic carbocycles. The van der Waals surface area contributed by atoms with Gasteiger partial charge in [0.25, 0.3) is 0 Å². The number of aliphatic hydroxyl groups is 1. The number of nitrogens with zero attached hydrogens (tertiary/aromatic N) is 3. The Morgan fingerprint density at radius 2 is 1.80 bits per heavy atom. The molecule has 0 bridgehead atoms. The maximum Gasteiger partial charge on any atom is 0.207 e. The van der Waals surface area contributed by atoms with Crippen LogP contribution in [-0.2, 0) is 4.79 Å². The molecule has 0 aromatic carbocycles. The van der Waals surface area contributed by atoms with Crippen LogP contribution in [-0.4, -0.2) is 80.8 Å². The van der Waals surface area contributed by atoms with Crippen LogP contribution in [0.1, 0.15) is 0 Å². The molecule has 1 aliphatic rings. The van der Waals surface area contributed by atoms with Gasteiger partial charge in [0.15, 0.2) is 0 Å². The maximum absolute atomic E-state index is 11.7. The number of hydrogen-bond donors (Lipinski definition) is 2. The van der Waals surface area contributed by atoms with Gasteiger partial charge in [0, 0.05) is 25.7 Å². The van der Waals surface area contributed by atoms with E-state index >= 15 is 0 Å². The summed E-state index contributed by atoms with van der Waals surface area (Å²) in [6, 6.07) is 0. The molecular formula is C14H24N4O2. The third kappa shape index (κ3) is 5.54. The Labute approximate surface area is 120 Å². The third-order valence-corrected chi connectivity index (χ3v) is 2.78. The highest BCUT2D eigenvalue weighted by atomic mass is 16.3. The molecule has 0 unspecified atom stereocenters. The summed E-state index contributed by atoms with van der Waals surface area (Å²) in [5, 5.41) is 12.9. The van der Waals surface area contributed by atoms with Crippen molar-refractivity contribution in [2.75, 3.05) is 54.4 Å². The zero-order chi connectivity index (χ0) is 15.1. The lowest BCUT2D eigenvalue weighted by molar-refractivity contribution is -0.109. The Bertz CT molecular complexity index is 436. The monoisotopic (exact) mass is 280 g/mol. The Morgan fingerprint density at radius 3 is 2.40 bits per heavy atom. The van der Waals surface area contributed by atoms with Crippen molar-refractivity contribution in [2.45, 2.75) is 0 Å². The van der Waals surface area contributed by atoms with Crippen molar-refractivity contribution in [1.29, 1.82) is 0 Å². The van der Waals surface area contributed by atoms with Crippen molar-refractivity contribution in [3.63, 3.8) is 0 Å². The Balaban J connectivity index is 2.66. The summed E-state index contributed by atoms with van der Waals surface area (Å²) in [5.74, 6) is -0.278. The molecule has 0 radical (unpaired) electrons. The lowest BCUT2D eigenvalue weighted by Gasteiger charge is -2.16. The van der Waals surface area contributed by atoms with Crippen LogP contribution in [0.15, 0.2) is 28.6 Å². The van der Waals surface area contributed by atoms with E-state index in [1.165, 1.54) is 6.08 Å². The molecule has 0 saturated heterocycles. The molecule has 6 heteroatoms. The highest BCUT2D eigenvalue weighted by molar-refractivity contribution is 6.49. The molecule has 0 heterocycles. The second-order valence-electron chi connectivity index (χ2n) is 5.25. The van der Waals surface area contributed by atoms with E-state index < -0.39 is 0 Å². The first kappa shape index (κ1) is 16.4. The molecule has 0 aliphatic heterocycles. The van der Waals surface area contributed by atoms with Crippen molar-refractivity contribution >= 4 is 11.5 Å². The predicted molar refractivity (Wildman–Crippen MR) is 81.2 cm³/mol. The minimum absolute atomic E-state index is 0.0275. The van der Waals surface area contributed by atoms with Crippen LogP contribution in [0.5, 0.6) is 0 Å². The molecule has 0 fully saturated rings. The number of ketones is 1. The molecular weight excluding hydrogens is 256 g/mol. The topological polar surface area (TPSA) is 68.2 Å². The first-order valence-electron chi connectivity index (χ1n) is 6.65. The van der Waals surface area contributed by atoms with Gasteiger partial charge >= 0.3 is 0 Å². The fraction of sp³-hybridized carbons (Fsp3) is 0.571. The van der Waals surface area contributed by atoms with Crippen LogP contribution in [0.2, 0.25) is 0 Å². The van der Waals surface area contributed by atoms with Crippen molar-refractivity contribution < 1.29 is 9.90 Å². The molecule has 0 atom stereocenters. The normalized spacial score (nSPS) is 17.7. The van der Waals surface area contributed by atoms with Crippen LogP contribution in [0.4, 0.5) is 0 Å². The van der Waals surface area contributed by atoms with Crippen LogP contribution >= 0.6 is 0 Å². The number of rotatable bonds is 7. The molecule has 0 aromatic heterocycles. The molecule has 0 spiro atoms. The van der Waals surface area contributed by atoms with Crippen LogP contribution in [0.25, 0.3) is 0 Å². The average Bonchev–Trinajstić information content (AvgIpc) is 2.33. The lowest BCUT2D eigenvalue weighted by Crippen LogP contribution is -2.29. The molecule has 112 valence electrons. The minimum Gasteiger partial charge on any atom is -0.506 e. The summed E-state index contributed by atoms with van der Waals surface area (Å²) in [4.78, 5) is 20.1. The molecule has 2 N–H and O–H groups in total. The summed E-state index contributed by atoms with van der Waals surface area (Å²) in [7, 11) is 7.87. The minimum atomic E-state index is -0.251. The number of aliphatic imine (C=N–C) groups is 1. The number of carbonyl (C=O) groups excluding carboxylic acids is 1. The van der Waals surface area contributed by atoms with Gasteiger partial charge in [-0.25, -0.2) is 0 Å². The van der Waals surface area contributed by atoms with E-state index in [2.05, 4.69) is 10.3 Å². The van der Waals surface area contributed by atoms with Crippen molar-refractivity contribution in [1.82, 2.24) is 15.1 Å². The average molecular weight is 280 g/mol. The predicted octanol–water partition coefficient (Wildman–Crippen LogP) is 0.0487. The van der Waals surface area contributed by atoms with Crippen LogP contribution < -0.4 is 5.32 Å². The summed E-state index contributed by atoms with van der Waals surface area (Å²) < 4.78 is 0.